The number of ether oxygens (including phenoxy) is 1. The molecule has 1 aromatic carbocycles. The third kappa shape index (κ3) is 3.80. The number of nitrogens with one attached hydrogen (secondary N) is 1. The van der Waals surface area contributed by atoms with Crippen molar-refractivity contribution in [2.24, 2.45) is 0 Å². The molecule has 0 amide bonds. The van der Waals surface area contributed by atoms with Crippen LogP contribution in [0.4, 0.5) is 0 Å². The quantitative estimate of drug-likeness (QED) is 0.725. The summed E-state index contributed by atoms with van der Waals surface area (Å²) >= 11 is 0. The Morgan fingerprint density at radius 1 is 1.33 bits per heavy atom. The number of hydrogen-bond donors (Lipinski definition) is 2. The molecule has 0 atom stereocenters. The largest absolute Gasteiger partial charge is 0.394 e. The van der Waals surface area contributed by atoms with E-state index >= 15 is 0 Å². The fourth-order valence-corrected chi connectivity index (χ4v) is 2.48. The van der Waals surface area contributed by atoms with E-state index in [9.17, 15) is 0 Å². The standard InChI is InChI=1S/C15H23NO2/c1-12-3-2-4-13(9-12)14-10-15(11-14)16-5-7-18-8-6-17/h2-4,9,14-17H,5-8,10-11H2,1H3. The van der Waals surface area contributed by atoms with Crippen LogP contribution >= 0.6 is 0 Å². The summed E-state index contributed by atoms with van der Waals surface area (Å²) in [5.41, 5.74) is 2.82. The van der Waals surface area contributed by atoms with Crippen LogP contribution in [0.25, 0.3) is 0 Å². The first-order chi connectivity index (χ1) is 8.79. The Kier molecular flexibility index (Phi) is 5.17. The second-order valence-electron chi connectivity index (χ2n) is 5.07. The predicted molar refractivity (Wildman–Crippen MR) is 72.8 cm³/mol. The molecule has 0 aliphatic heterocycles. The zero-order valence-electron chi connectivity index (χ0n) is 11.1. The van der Waals surface area contributed by atoms with Crippen LogP contribution in [0.5, 0.6) is 0 Å². The molecule has 0 unspecified atom stereocenters. The van der Waals surface area contributed by atoms with Crippen LogP contribution in [0.2, 0.25) is 0 Å². The first-order valence-electron chi connectivity index (χ1n) is 6.78. The van der Waals surface area contributed by atoms with Crippen LogP contribution in [0.3, 0.4) is 0 Å². The molecule has 1 aliphatic rings. The van der Waals surface area contributed by atoms with Crippen molar-refractivity contribution in [3.05, 3.63) is 35.4 Å². The van der Waals surface area contributed by atoms with E-state index in [1.807, 2.05) is 0 Å². The highest BCUT2D eigenvalue weighted by Crippen LogP contribution is 2.36. The molecular weight excluding hydrogens is 226 g/mol. The van der Waals surface area contributed by atoms with Gasteiger partial charge in [-0.05, 0) is 31.2 Å². The molecule has 1 aliphatic carbocycles. The molecule has 0 heterocycles. The Morgan fingerprint density at radius 3 is 2.89 bits per heavy atom. The smallest absolute Gasteiger partial charge is 0.0698 e. The molecule has 3 heteroatoms. The van der Waals surface area contributed by atoms with Crippen molar-refractivity contribution in [2.75, 3.05) is 26.4 Å². The van der Waals surface area contributed by atoms with Crippen molar-refractivity contribution in [1.29, 1.82) is 0 Å². The van der Waals surface area contributed by atoms with E-state index in [1.165, 1.54) is 24.0 Å². The average Bonchev–Trinajstić information content (AvgIpc) is 2.31. The summed E-state index contributed by atoms with van der Waals surface area (Å²) in [6.45, 7) is 4.27. The predicted octanol–water partition coefficient (Wildman–Crippen LogP) is 1.84. The second-order valence-corrected chi connectivity index (χ2v) is 5.07. The molecule has 0 bridgehead atoms. The fourth-order valence-electron chi connectivity index (χ4n) is 2.48. The molecule has 0 aromatic heterocycles. The van der Waals surface area contributed by atoms with E-state index in [0.29, 0.717) is 19.3 Å². The maximum Gasteiger partial charge on any atom is 0.0698 e. The minimum absolute atomic E-state index is 0.110. The summed E-state index contributed by atoms with van der Waals surface area (Å²) in [4.78, 5) is 0. The number of hydrogen-bond acceptors (Lipinski definition) is 3. The topological polar surface area (TPSA) is 41.5 Å². The minimum Gasteiger partial charge on any atom is -0.394 e. The average molecular weight is 249 g/mol. The molecule has 2 rings (SSSR count). The second kappa shape index (κ2) is 6.88. The Hall–Kier alpha value is -0.900. The Labute approximate surface area is 109 Å². The summed E-state index contributed by atoms with van der Waals surface area (Å²) in [7, 11) is 0. The summed E-state index contributed by atoms with van der Waals surface area (Å²) < 4.78 is 5.22. The zero-order chi connectivity index (χ0) is 12.8. The zero-order valence-corrected chi connectivity index (χ0v) is 11.1. The van der Waals surface area contributed by atoms with Gasteiger partial charge in [-0.2, -0.15) is 0 Å². The van der Waals surface area contributed by atoms with Crippen LogP contribution in [0.15, 0.2) is 24.3 Å². The fraction of sp³-hybridized carbons (Fsp3) is 0.600. The van der Waals surface area contributed by atoms with E-state index in [0.717, 1.165) is 12.5 Å². The van der Waals surface area contributed by atoms with E-state index < -0.39 is 0 Å². The van der Waals surface area contributed by atoms with E-state index in [1.54, 1.807) is 0 Å². The number of aliphatic hydroxyl groups is 1. The molecule has 0 radical (unpaired) electrons. The van der Waals surface area contributed by atoms with Gasteiger partial charge in [-0.3, -0.25) is 0 Å². The van der Waals surface area contributed by atoms with Gasteiger partial charge < -0.3 is 15.2 Å². The summed E-state index contributed by atoms with van der Waals surface area (Å²) in [5.74, 6) is 0.723. The van der Waals surface area contributed by atoms with Gasteiger partial charge in [-0.15, -0.1) is 0 Å². The van der Waals surface area contributed by atoms with Crippen molar-refractivity contribution in [1.82, 2.24) is 5.32 Å². The molecule has 0 spiro atoms. The normalized spacial score (nSPS) is 22.8. The Balaban J connectivity index is 1.62. The Morgan fingerprint density at radius 2 is 2.17 bits per heavy atom. The van der Waals surface area contributed by atoms with Crippen LogP contribution in [-0.2, 0) is 4.74 Å². The van der Waals surface area contributed by atoms with Gasteiger partial charge in [-0.1, -0.05) is 29.8 Å². The molecule has 0 saturated heterocycles. The summed E-state index contributed by atoms with van der Waals surface area (Å²) in [5, 5.41) is 12.1. The molecule has 100 valence electrons. The van der Waals surface area contributed by atoms with Gasteiger partial charge in [0.15, 0.2) is 0 Å². The highest BCUT2D eigenvalue weighted by Gasteiger charge is 2.29. The van der Waals surface area contributed by atoms with Crippen molar-refractivity contribution in [2.45, 2.75) is 31.7 Å². The lowest BCUT2D eigenvalue weighted by atomic mass is 9.75. The third-order valence-corrected chi connectivity index (χ3v) is 3.57. The minimum atomic E-state index is 0.110. The van der Waals surface area contributed by atoms with Gasteiger partial charge in [0, 0.05) is 12.6 Å². The van der Waals surface area contributed by atoms with Crippen LogP contribution in [0, 0.1) is 6.92 Å². The van der Waals surface area contributed by atoms with Gasteiger partial charge in [0.1, 0.15) is 0 Å². The number of benzene rings is 1. The van der Waals surface area contributed by atoms with Crippen LogP contribution in [-0.4, -0.2) is 37.5 Å². The molecule has 1 saturated carbocycles. The highest BCUT2D eigenvalue weighted by atomic mass is 16.5. The molecule has 2 N–H and O–H groups in total. The molecule has 1 aromatic rings. The summed E-state index contributed by atoms with van der Waals surface area (Å²) in [6, 6.07) is 9.46. The number of rotatable bonds is 7. The molecular formula is C15H23NO2. The van der Waals surface area contributed by atoms with Crippen molar-refractivity contribution >= 4 is 0 Å². The van der Waals surface area contributed by atoms with Gasteiger partial charge in [0.05, 0.1) is 19.8 Å². The van der Waals surface area contributed by atoms with Gasteiger partial charge in [0.2, 0.25) is 0 Å². The molecule has 18 heavy (non-hydrogen) atoms. The van der Waals surface area contributed by atoms with Crippen LogP contribution < -0.4 is 5.32 Å². The van der Waals surface area contributed by atoms with Gasteiger partial charge in [0.25, 0.3) is 0 Å². The SMILES string of the molecule is Cc1cccc(C2CC(NCCOCCO)C2)c1. The summed E-state index contributed by atoms with van der Waals surface area (Å²) in [6.07, 6.45) is 2.45. The van der Waals surface area contributed by atoms with E-state index in [2.05, 4.69) is 36.5 Å². The highest BCUT2D eigenvalue weighted by molar-refractivity contribution is 5.27. The maximum atomic E-state index is 8.57. The third-order valence-electron chi connectivity index (χ3n) is 3.57. The van der Waals surface area contributed by atoms with Crippen LogP contribution in [0.1, 0.15) is 29.9 Å². The van der Waals surface area contributed by atoms with E-state index in [4.69, 9.17) is 9.84 Å². The lowest BCUT2D eigenvalue weighted by Crippen LogP contribution is -2.41. The molecule has 3 nitrogen and oxygen atoms in total. The molecule has 1 fully saturated rings. The lowest BCUT2D eigenvalue weighted by Gasteiger charge is -2.36. The first kappa shape index (κ1) is 13.5. The van der Waals surface area contributed by atoms with Crippen molar-refractivity contribution < 1.29 is 9.84 Å². The monoisotopic (exact) mass is 249 g/mol. The number of aliphatic hydroxyl groups excluding tert-OH is 1. The maximum absolute atomic E-state index is 8.57. The number of aryl methyl sites for hydroxylation is 1. The Bertz CT molecular complexity index is 361. The van der Waals surface area contributed by atoms with Gasteiger partial charge >= 0.3 is 0 Å². The van der Waals surface area contributed by atoms with Crippen molar-refractivity contribution in [3.8, 4) is 0 Å². The van der Waals surface area contributed by atoms with Crippen molar-refractivity contribution in [3.63, 3.8) is 0 Å². The van der Waals surface area contributed by atoms with E-state index in [-0.39, 0.29) is 6.61 Å². The van der Waals surface area contributed by atoms with Gasteiger partial charge in [-0.25, -0.2) is 0 Å². The first-order valence-corrected chi connectivity index (χ1v) is 6.78. The lowest BCUT2D eigenvalue weighted by molar-refractivity contribution is 0.0901.